The van der Waals surface area contributed by atoms with Gasteiger partial charge in [0.25, 0.3) is 5.91 Å². The van der Waals surface area contributed by atoms with E-state index in [2.05, 4.69) is 4.98 Å². The fourth-order valence-electron chi connectivity index (χ4n) is 2.61. The number of rotatable bonds is 1. The molecule has 132 valence electrons. The number of aromatic nitrogens is 1. The zero-order valence-electron chi connectivity index (χ0n) is 13.2. The first kappa shape index (κ1) is 18.1. The summed E-state index contributed by atoms with van der Waals surface area (Å²) in [6.45, 7) is 2.32. The van der Waals surface area contributed by atoms with Crippen LogP contribution in [0.25, 0.3) is 0 Å². The molecule has 1 amide bonds. The number of benzene rings is 1. The Balaban J connectivity index is 2.07. The smallest absolute Gasteiger partial charge is 0.307 e. The molecule has 0 unspecified atom stereocenters. The van der Waals surface area contributed by atoms with Gasteiger partial charge >= 0.3 is 6.18 Å². The van der Waals surface area contributed by atoms with E-state index in [0.29, 0.717) is 23.4 Å². The Morgan fingerprint density at radius 2 is 2.08 bits per heavy atom. The van der Waals surface area contributed by atoms with E-state index in [1.165, 1.54) is 41.1 Å². The Bertz CT molecular complexity index is 813. The van der Waals surface area contributed by atoms with Gasteiger partial charge < -0.3 is 4.90 Å². The molecule has 1 aromatic heterocycles. The highest BCUT2D eigenvalue weighted by atomic mass is 35.5. The molecule has 0 aliphatic carbocycles. The molecular formula is C17H14ClF3N2OS. The molecule has 2 heterocycles. The van der Waals surface area contributed by atoms with Crippen LogP contribution >= 0.6 is 23.4 Å². The molecule has 2 aromatic rings. The van der Waals surface area contributed by atoms with Gasteiger partial charge in [-0.2, -0.15) is 13.2 Å². The van der Waals surface area contributed by atoms with Crippen molar-refractivity contribution in [3.63, 3.8) is 0 Å². The van der Waals surface area contributed by atoms with Crippen molar-refractivity contribution in [1.29, 1.82) is 0 Å². The van der Waals surface area contributed by atoms with Crippen molar-refractivity contribution >= 4 is 35.0 Å². The van der Waals surface area contributed by atoms with Crippen LogP contribution in [0, 0.1) is 0 Å². The highest BCUT2D eigenvalue weighted by molar-refractivity contribution is 8.00. The summed E-state index contributed by atoms with van der Waals surface area (Å²) in [5, 5.41) is 0.349. The van der Waals surface area contributed by atoms with Crippen LogP contribution in [0.3, 0.4) is 0 Å². The van der Waals surface area contributed by atoms with Crippen molar-refractivity contribution < 1.29 is 18.0 Å². The van der Waals surface area contributed by atoms with Crippen molar-refractivity contribution in [3.8, 4) is 0 Å². The maximum Gasteiger partial charge on any atom is 0.416 e. The predicted octanol–water partition coefficient (Wildman–Crippen LogP) is 5.28. The molecule has 0 saturated heterocycles. The third kappa shape index (κ3) is 3.93. The fraction of sp³-hybridized carbons (Fsp3) is 0.294. The number of alkyl halides is 3. The number of pyridine rings is 1. The lowest BCUT2D eigenvalue weighted by molar-refractivity contribution is -0.137. The lowest BCUT2D eigenvalue weighted by Gasteiger charge is -2.23. The van der Waals surface area contributed by atoms with Crippen LogP contribution in [0.1, 0.15) is 29.3 Å². The second-order valence-corrected chi connectivity index (χ2v) is 7.59. The third-order valence-electron chi connectivity index (χ3n) is 3.88. The first-order valence-electron chi connectivity index (χ1n) is 7.57. The number of anilines is 1. The highest BCUT2D eigenvalue weighted by Crippen LogP contribution is 2.41. The van der Waals surface area contributed by atoms with E-state index in [4.69, 9.17) is 11.6 Å². The average Bonchev–Trinajstić information content (AvgIpc) is 2.71. The number of thioether (sulfide) groups is 1. The number of carbonyl (C=O) groups is 1. The monoisotopic (exact) mass is 386 g/mol. The summed E-state index contributed by atoms with van der Waals surface area (Å²) in [6.07, 6.45) is -2.39. The van der Waals surface area contributed by atoms with Gasteiger partial charge in [-0.05, 0) is 36.8 Å². The molecule has 3 nitrogen and oxygen atoms in total. The quantitative estimate of drug-likeness (QED) is 0.625. The van der Waals surface area contributed by atoms with Gasteiger partial charge in [-0.25, -0.2) is 4.98 Å². The zero-order valence-corrected chi connectivity index (χ0v) is 14.8. The highest BCUT2D eigenvalue weighted by Gasteiger charge is 2.33. The van der Waals surface area contributed by atoms with Crippen LogP contribution in [-0.4, -0.2) is 22.7 Å². The van der Waals surface area contributed by atoms with E-state index in [0.717, 1.165) is 12.1 Å². The van der Waals surface area contributed by atoms with E-state index >= 15 is 0 Å². The minimum absolute atomic E-state index is 0.160. The lowest BCUT2D eigenvalue weighted by Crippen LogP contribution is -2.32. The molecule has 1 aromatic carbocycles. The van der Waals surface area contributed by atoms with Gasteiger partial charge in [-0.1, -0.05) is 18.5 Å². The first-order chi connectivity index (χ1) is 11.8. The Hall–Kier alpha value is -1.73. The molecule has 1 aliphatic rings. The SMILES string of the molecule is C[C@H]1CCN(C(=O)c2ccnc(Cl)c2)c2cc(C(F)(F)F)ccc2S1. The molecule has 0 saturated carbocycles. The normalized spacial score (nSPS) is 17.8. The lowest BCUT2D eigenvalue weighted by atomic mass is 10.1. The minimum Gasteiger partial charge on any atom is -0.307 e. The summed E-state index contributed by atoms with van der Waals surface area (Å²) < 4.78 is 39.3. The number of halogens is 4. The Kier molecular flexibility index (Phi) is 4.97. The molecule has 0 spiro atoms. The standard InChI is InChI=1S/C17H14ClF3N2OS/c1-10-5-7-23(16(24)11-4-6-22-15(18)8-11)13-9-12(17(19,20)21)2-3-14(13)25-10/h2-4,6,8-10H,5,7H2,1H3/t10-/m0/s1. The van der Waals surface area contributed by atoms with Gasteiger partial charge in [-0.3, -0.25) is 4.79 Å². The molecule has 0 radical (unpaired) electrons. The van der Waals surface area contributed by atoms with Crippen molar-refractivity contribution in [2.45, 2.75) is 29.7 Å². The largest absolute Gasteiger partial charge is 0.416 e. The number of hydrogen-bond donors (Lipinski definition) is 0. The number of nitrogens with zero attached hydrogens (tertiary/aromatic N) is 2. The van der Waals surface area contributed by atoms with Crippen LogP contribution in [0.15, 0.2) is 41.4 Å². The van der Waals surface area contributed by atoms with Crippen LogP contribution in [-0.2, 0) is 6.18 Å². The number of carbonyl (C=O) groups excluding carboxylic acids is 1. The Morgan fingerprint density at radius 1 is 1.32 bits per heavy atom. The van der Waals surface area contributed by atoms with Crippen molar-refractivity contribution in [1.82, 2.24) is 4.98 Å². The van der Waals surface area contributed by atoms with Gasteiger partial charge in [-0.15, -0.1) is 11.8 Å². The van der Waals surface area contributed by atoms with Crippen LogP contribution < -0.4 is 4.90 Å². The fourth-order valence-corrected chi connectivity index (χ4v) is 3.88. The molecule has 0 N–H and O–H groups in total. The summed E-state index contributed by atoms with van der Waals surface area (Å²) in [5.41, 5.74) is -0.197. The third-order valence-corrected chi connectivity index (χ3v) is 5.33. The van der Waals surface area contributed by atoms with Crippen molar-refractivity contribution in [2.75, 3.05) is 11.4 Å². The molecule has 8 heteroatoms. The second kappa shape index (κ2) is 6.88. The Morgan fingerprint density at radius 3 is 2.76 bits per heavy atom. The Labute approximate surface area is 152 Å². The number of amides is 1. The van der Waals surface area contributed by atoms with E-state index in [1.54, 1.807) is 0 Å². The van der Waals surface area contributed by atoms with E-state index in [9.17, 15) is 18.0 Å². The number of fused-ring (bicyclic) bond motifs is 1. The molecule has 25 heavy (non-hydrogen) atoms. The maximum atomic E-state index is 13.1. The van der Waals surface area contributed by atoms with E-state index < -0.39 is 11.7 Å². The molecular weight excluding hydrogens is 373 g/mol. The van der Waals surface area contributed by atoms with Gasteiger partial charge in [0, 0.05) is 28.5 Å². The van der Waals surface area contributed by atoms with Gasteiger partial charge in [0.2, 0.25) is 0 Å². The molecule has 1 atom stereocenters. The van der Waals surface area contributed by atoms with Gasteiger partial charge in [0.15, 0.2) is 0 Å². The summed E-state index contributed by atoms with van der Waals surface area (Å²) in [7, 11) is 0. The zero-order chi connectivity index (χ0) is 18.2. The van der Waals surface area contributed by atoms with Crippen LogP contribution in [0.5, 0.6) is 0 Å². The van der Waals surface area contributed by atoms with Crippen LogP contribution in [0.2, 0.25) is 5.15 Å². The predicted molar refractivity (Wildman–Crippen MR) is 92.3 cm³/mol. The molecule has 0 fully saturated rings. The summed E-state index contributed by atoms with van der Waals surface area (Å²) in [6, 6.07) is 6.45. The van der Waals surface area contributed by atoms with Gasteiger partial charge in [0.05, 0.1) is 11.3 Å². The first-order valence-corrected chi connectivity index (χ1v) is 8.83. The van der Waals surface area contributed by atoms with Gasteiger partial charge in [0.1, 0.15) is 5.15 Å². The summed E-state index contributed by atoms with van der Waals surface area (Å²) >= 11 is 7.31. The average molecular weight is 387 g/mol. The topological polar surface area (TPSA) is 33.2 Å². The van der Waals surface area contributed by atoms with E-state index in [1.807, 2.05) is 6.92 Å². The minimum atomic E-state index is -4.47. The number of hydrogen-bond acceptors (Lipinski definition) is 3. The van der Waals surface area contributed by atoms with Crippen molar-refractivity contribution in [2.24, 2.45) is 0 Å². The second-order valence-electron chi connectivity index (χ2n) is 5.72. The van der Waals surface area contributed by atoms with Crippen LogP contribution in [0.4, 0.5) is 18.9 Å². The molecule has 3 rings (SSSR count). The van der Waals surface area contributed by atoms with E-state index in [-0.39, 0.29) is 22.0 Å². The molecule has 0 bridgehead atoms. The summed E-state index contributed by atoms with van der Waals surface area (Å²) in [5.74, 6) is -0.389. The van der Waals surface area contributed by atoms with Crippen molar-refractivity contribution in [3.05, 3.63) is 52.8 Å². The molecule has 1 aliphatic heterocycles. The summed E-state index contributed by atoms with van der Waals surface area (Å²) in [4.78, 5) is 18.8. The maximum absolute atomic E-state index is 13.1.